The van der Waals surface area contributed by atoms with E-state index in [2.05, 4.69) is 16.8 Å². The summed E-state index contributed by atoms with van der Waals surface area (Å²) in [6.07, 6.45) is 6.25. The number of aliphatic hydroxyl groups excluding tert-OH is 1. The highest BCUT2D eigenvalue weighted by Crippen LogP contribution is 2.20. The SMILES string of the molecule is CSCC[C@@H](O)C(=O)N1CCCN(c2ccncc2C)CC1. The van der Waals surface area contributed by atoms with E-state index in [-0.39, 0.29) is 5.91 Å². The Hall–Kier alpha value is -1.27. The number of thioether (sulfide) groups is 1. The lowest BCUT2D eigenvalue weighted by Gasteiger charge is -2.26. The number of nitrogens with zero attached hydrogens (tertiary/aromatic N) is 3. The van der Waals surface area contributed by atoms with Gasteiger partial charge in [0.05, 0.1) is 0 Å². The average molecular weight is 323 g/mol. The molecular weight excluding hydrogens is 298 g/mol. The summed E-state index contributed by atoms with van der Waals surface area (Å²) < 4.78 is 0. The first-order valence-electron chi connectivity index (χ1n) is 7.75. The molecule has 0 aromatic carbocycles. The maximum Gasteiger partial charge on any atom is 0.251 e. The molecule has 1 aromatic rings. The molecule has 1 aliphatic rings. The number of hydrogen-bond donors (Lipinski definition) is 1. The van der Waals surface area contributed by atoms with Crippen LogP contribution in [0.3, 0.4) is 0 Å². The molecule has 2 heterocycles. The standard InChI is InChI=1S/C16H25N3O2S/c1-13-12-17-6-4-14(13)18-7-3-8-19(10-9-18)16(21)15(20)5-11-22-2/h4,6,12,15,20H,3,5,7-11H2,1-2H3/t15-/m1/s1. The van der Waals surface area contributed by atoms with Crippen LogP contribution in [0, 0.1) is 6.92 Å². The largest absolute Gasteiger partial charge is 0.383 e. The summed E-state index contributed by atoms with van der Waals surface area (Å²) in [5.41, 5.74) is 2.34. The van der Waals surface area contributed by atoms with Crippen molar-refractivity contribution in [2.45, 2.75) is 25.9 Å². The molecule has 0 aliphatic carbocycles. The van der Waals surface area contributed by atoms with E-state index < -0.39 is 6.10 Å². The second kappa shape index (κ2) is 8.39. The number of amides is 1. The van der Waals surface area contributed by atoms with Gasteiger partial charge < -0.3 is 14.9 Å². The van der Waals surface area contributed by atoms with Gasteiger partial charge in [-0.3, -0.25) is 9.78 Å². The Morgan fingerprint density at radius 1 is 1.41 bits per heavy atom. The first kappa shape index (κ1) is 17.1. The molecule has 22 heavy (non-hydrogen) atoms. The molecule has 1 atom stereocenters. The predicted octanol–water partition coefficient (Wildman–Crippen LogP) is 1.54. The fourth-order valence-corrected chi connectivity index (χ4v) is 3.22. The number of carbonyl (C=O) groups is 1. The van der Waals surface area contributed by atoms with Crippen LogP contribution in [-0.4, -0.2) is 65.2 Å². The molecule has 1 saturated heterocycles. The molecule has 5 nitrogen and oxygen atoms in total. The molecule has 0 bridgehead atoms. The molecular formula is C16H25N3O2S. The molecule has 1 aromatic heterocycles. The van der Waals surface area contributed by atoms with Crippen molar-refractivity contribution in [1.29, 1.82) is 0 Å². The molecule has 1 fully saturated rings. The number of anilines is 1. The topological polar surface area (TPSA) is 56.7 Å². The van der Waals surface area contributed by atoms with Gasteiger partial charge in [-0.15, -0.1) is 0 Å². The third kappa shape index (κ3) is 4.36. The van der Waals surface area contributed by atoms with E-state index in [1.165, 1.54) is 5.69 Å². The fourth-order valence-electron chi connectivity index (χ4n) is 2.76. The van der Waals surface area contributed by atoms with Gasteiger partial charge in [0, 0.05) is 44.3 Å². The Labute approximate surface area is 136 Å². The second-order valence-electron chi connectivity index (χ2n) is 5.63. The van der Waals surface area contributed by atoms with Gasteiger partial charge in [-0.2, -0.15) is 11.8 Å². The minimum atomic E-state index is -0.860. The Balaban J connectivity index is 1.95. The molecule has 1 amide bonds. The van der Waals surface area contributed by atoms with Gasteiger partial charge in [0.15, 0.2) is 0 Å². The highest BCUT2D eigenvalue weighted by molar-refractivity contribution is 7.98. The second-order valence-corrected chi connectivity index (χ2v) is 6.61. The zero-order valence-electron chi connectivity index (χ0n) is 13.4. The maximum atomic E-state index is 12.3. The number of pyridine rings is 1. The van der Waals surface area contributed by atoms with Crippen molar-refractivity contribution in [3.8, 4) is 0 Å². The number of rotatable bonds is 5. The summed E-state index contributed by atoms with van der Waals surface area (Å²) >= 11 is 1.65. The van der Waals surface area contributed by atoms with Crippen LogP contribution >= 0.6 is 11.8 Å². The number of carbonyl (C=O) groups excluding carboxylic acids is 1. The van der Waals surface area contributed by atoms with E-state index in [4.69, 9.17) is 0 Å². The highest BCUT2D eigenvalue weighted by atomic mass is 32.2. The van der Waals surface area contributed by atoms with Crippen LogP contribution in [0.4, 0.5) is 5.69 Å². The number of aliphatic hydroxyl groups is 1. The van der Waals surface area contributed by atoms with Gasteiger partial charge in [-0.1, -0.05) is 0 Å². The lowest BCUT2D eigenvalue weighted by atomic mass is 10.2. The van der Waals surface area contributed by atoms with Crippen LogP contribution in [0.1, 0.15) is 18.4 Å². The third-order valence-corrected chi connectivity index (χ3v) is 4.66. The molecule has 6 heteroatoms. The van der Waals surface area contributed by atoms with E-state index in [1.807, 2.05) is 29.6 Å². The van der Waals surface area contributed by atoms with Crippen LogP contribution in [0.5, 0.6) is 0 Å². The van der Waals surface area contributed by atoms with Crippen molar-refractivity contribution >= 4 is 23.4 Å². The van der Waals surface area contributed by atoms with Crippen LogP contribution in [-0.2, 0) is 4.79 Å². The lowest BCUT2D eigenvalue weighted by Crippen LogP contribution is -2.41. The quantitative estimate of drug-likeness (QED) is 0.891. The smallest absolute Gasteiger partial charge is 0.251 e. The zero-order chi connectivity index (χ0) is 15.9. The first-order chi connectivity index (χ1) is 10.6. The van der Waals surface area contributed by atoms with Crippen molar-refractivity contribution < 1.29 is 9.90 Å². The van der Waals surface area contributed by atoms with E-state index >= 15 is 0 Å². The Morgan fingerprint density at radius 3 is 2.95 bits per heavy atom. The normalized spacial score (nSPS) is 17.2. The number of hydrogen-bond acceptors (Lipinski definition) is 5. The number of aromatic nitrogens is 1. The molecule has 0 unspecified atom stereocenters. The molecule has 1 N–H and O–H groups in total. The van der Waals surface area contributed by atoms with Crippen molar-refractivity contribution in [2.24, 2.45) is 0 Å². The van der Waals surface area contributed by atoms with Crippen LogP contribution in [0.15, 0.2) is 18.5 Å². The van der Waals surface area contributed by atoms with E-state index in [1.54, 1.807) is 11.8 Å². The molecule has 0 radical (unpaired) electrons. The van der Waals surface area contributed by atoms with Gasteiger partial charge in [0.1, 0.15) is 6.10 Å². The highest BCUT2D eigenvalue weighted by Gasteiger charge is 2.24. The molecule has 2 rings (SSSR count). The molecule has 0 saturated carbocycles. The fraction of sp³-hybridized carbons (Fsp3) is 0.625. The van der Waals surface area contributed by atoms with Crippen molar-refractivity contribution in [3.05, 3.63) is 24.0 Å². The predicted molar refractivity (Wildman–Crippen MR) is 91.4 cm³/mol. The third-order valence-electron chi connectivity index (χ3n) is 4.02. The Kier molecular flexibility index (Phi) is 6.51. The van der Waals surface area contributed by atoms with Crippen molar-refractivity contribution in [3.63, 3.8) is 0 Å². The average Bonchev–Trinajstić information content (AvgIpc) is 2.78. The molecule has 0 spiro atoms. The minimum absolute atomic E-state index is 0.123. The first-order valence-corrected chi connectivity index (χ1v) is 9.14. The lowest BCUT2D eigenvalue weighted by molar-refractivity contribution is -0.140. The Morgan fingerprint density at radius 2 is 2.23 bits per heavy atom. The summed E-state index contributed by atoms with van der Waals surface area (Å²) in [4.78, 5) is 20.5. The Bertz CT molecular complexity index is 498. The van der Waals surface area contributed by atoms with Crippen LogP contribution in [0.2, 0.25) is 0 Å². The van der Waals surface area contributed by atoms with Gasteiger partial charge in [0.25, 0.3) is 5.91 Å². The summed E-state index contributed by atoms with van der Waals surface area (Å²) in [6.45, 7) is 5.16. The maximum absolute atomic E-state index is 12.3. The van der Waals surface area contributed by atoms with Crippen molar-refractivity contribution in [1.82, 2.24) is 9.88 Å². The molecule has 1 aliphatic heterocycles. The summed E-state index contributed by atoms with van der Waals surface area (Å²) in [6, 6.07) is 2.03. The van der Waals surface area contributed by atoms with E-state index in [9.17, 15) is 9.90 Å². The van der Waals surface area contributed by atoms with Gasteiger partial charge in [0.2, 0.25) is 0 Å². The summed E-state index contributed by atoms with van der Waals surface area (Å²) in [7, 11) is 0. The zero-order valence-corrected chi connectivity index (χ0v) is 14.2. The van der Waals surface area contributed by atoms with Gasteiger partial charge >= 0.3 is 0 Å². The van der Waals surface area contributed by atoms with Gasteiger partial charge in [-0.05, 0) is 43.4 Å². The summed E-state index contributed by atoms with van der Waals surface area (Å²) in [5.74, 6) is 0.686. The minimum Gasteiger partial charge on any atom is -0.383 e. The van der Waals surface area contributed by atoms with Crippen molar-refractivity contribution in [2.75, 3.05) is 43.1 Å². The molecule has 122 valence electrons. The van der Waals surface area contributed by atoms with E-state index in [0.29, 0.717) is 13.0 Å². The monoisotopic (exact) mass is 323 g/mol. The van der Waals surface area contributed by atoms with Crippen LogP contribution < -0.4 is 4.90 Å². The number of aryl methyl sites for hydroxylation is 1. The summed E-state index contributed by atoms with van der Waals surface area (Å²) in [5, 5.41) is 9.99. The van der Waals surface area contributed by atoms with Gasteiger partial charge in [-0.25, -0.2) is 0 Å². The van der Waals surface area contributed by atoms with Crippen LogP contribution in [0.25, 0.3) is 0 Å². The van der Waals surface area contributed by atoms with E-state index in [0.717, 1.165) is 37.4 Å².